The van der Waals surface area contributed by atoms with Gasteiger partial charge in [0.1, 0.15) is 17.5 Å². The second kappa shape index (κ2) is 13.5. The van der Waals surface area contributed by atoms with Crippen molar-refractivity contribution in [3.63, 3.8) is 0 Å². The number of carbonyl (C=O) groups excluding carboxylic acids is 3. The van der Waals surface area contributed by atoms with Crippen LogP contribution >= 0.6 is 11.3 Å². The molecule has 1 N–H and O–H groups in total. The van der Waals surface area contributed by atoms with Crippen LogP contribution in [0.15, 0.2) is 48.5 Å². The summed E-state index contributed by atoms with van der Waals surface area (Å²) in [6.07, 6.45) is 0. The van der Waals surface area contributed by atoms with Crippen LogP contribution in [0.2, 0.25) is 0 Å². The van der Waals surface area contributed by atoms with E-state index in [1.54, 1.807) is 6.92 Å². The summed E-state index contributed by atoms with van der Waals surface area (Å²) in [7, 11) is 2.76. The number of amides is 2. The zero-order valence-corrected chi connectivity index (χ0v) is 22.6. The molecular weight excluding hydrogens is 478 g/mol. The van der Waals surface area contributed by atoms with E-state index in [2.05, 4.69) is 10.3 Å². The summed E-state index contributed by atoms with van der Waals surface area (Å²) < 4.78 is 9.65. The molecule has 0 unspecified atom stereocenters. The first kappa shape index (κ1) is 28.7. The van der Waals surface area contributed by atoms with E-state index in [1.165, 1.54) is 30.5 Å². The number of hydrogen-bond donors (Lipinski definition) is 1. The van der Waals surface area contributed by atoms with Crippen LogP contribution in [0.25, 0.3) is 0 Å². The number of nitrogens with zero attached hydrogens (tertiary/aromatic N) is 2. The van der Waals surface area contributed by atoms with Crippen LogP contribution in [0.4, 0.5) is 11.4 Å². The summed E-state index contributed by atoms with van der Waals surface area (Å²) >= 11 is 1.42. The normalized spacial score (nSPS) is 11.1. The Morgan fingerprint density at radius 3 is 2.08 bits per heavy atom. The summed E-state index contributed by atoms with van der Waals surface area (Å²) in [5.41, 5.74) is 4.16. The minimum atomic E-state index is -0.706. The van der Waals surface area contributed by atoms with Crippen molar-refractivity contribution in [2.75, 3.05) is 31.0 Å². The number of para-hydroxylation sites is 2. The third-order valence-electron chi connectivity index (χ3n) is 5.29. The number of nitrogens with one attached hydrogen (secondary N) is 1. The Morgan fingerprint density at radius 2 is 1.58 bits per heavy atom. The molecule has 36 heavy (non-hydrogen) atoms. The van der Waals surface area contributed by atoms with E-state index in [0.29, 0.717) is 4.88 Å². The summed E-state index contributed by atoms with van der Waals surface area (Å²) in [5, 5.41) is 3.76. The number of carbonyl (C=O) groups is 3. The molecule has 9 heteroatoms. The molecule has 1 heterocycles. The summed E-state index contributed by atoms with van der Waals surface area (Å²) in [4.78, 5) is 42.4. The van der Waals surface area contributed by atoms with Crippen LogP contribution in [0.1, 0.15) is 38.4 Å². The molecule has 2 aromatic carbocycles. The van der Waals surface area contributed by atoms with Crippen LogP contribution in [-0.4, -0.2) is 49.6 Å². The van der Waals surface area contributed by atoms with Gasteiger partial charge >= 0.3 is 5.97 Å². The fourth-order valence-electron chi connectivity index (χ4n) is 3.64. The Balaban J connectivity index is 0.000000259. The molecule has 0 bridgehead atoms. The van der Waals surface area contributed by atoms with Gasteiger partial charge in [0.15, 0.2) is 0 Å². The molecule has 192 valence electrons. The van der Waals surface area contributed by atoms with Gasteiger partial charge in [-0.3, -0.25) is 14.5 Å². The lowest BCUT2D eigenvalue weighted by Gasteiger charge is -2.30. The smallest absolute Gasteiger partial charge is 0.328 e. The first-order valence-corrected chi connectivity index (χ1v) is 12.2. The van der Waals surface area contributed by atoms with E-state index in [9.17, 15) is 14.4 Å². The lowest BCUT2D eigenvalue weighted by molar-refractivity contribution is -0.143. The van der Waals surface area contributed by atoms with E-state index in [0.717, 1.165) is 33.2 Å². The monoisotopic (exact) mass is 511 g/mol. The average Bonchev–Trinajstić information content (AvgIpc) is 3.19. The number of anilines is 2. The van der Waals surface area contributed by atoms with Gasteiger partial charge in [-0.25, -0.2) is 9.78 Å². The molecule has 0 spiro atoms. The molecule has 0 radical (unpaired) electrons. The van der Waals surface area contributed by atoms with Crippen molar-refractivity contribution in [1.82, 2.24) is 4.98 Å². The zero-order chi connectivity index (χ0) is 26.8. The predicted molar refractivity (Wildman–Crippen MR) is 143 cm³/mol. The Labute approximate surface area is 216 Å². The zero-order valence-electron chi connectivity index (χ0n) is 21.7. The van der Waals surface area contributed by atoms with Crippen LogP contribution in [0.5, 0.6) is 0 Å². The Morgan fingerprint density at radius 1 is 0.972 bits per heavy atom. The molecule has 0 fully saturated rings. The van der Waals surface area contributed by atoms with E-state index in [4.69, 9.17) is 9.47 Å². The largest absolute Gasteiger partial charge is 0.467 e. The lowest BCUT2D eigenvalue weighted by atomic mass is 10.1. The number of benzene rings is 2. The molecule has 0 aliphatic heterocycles. The number of aromatic nitrogens is 1. The maximum absolute atomic E-state index is 12.3. The number of ether oxygens (including phenoxy) is 2. The van der Waals surface area contributed by atoms with E-state index >= 15 is 0 Å². The number of hydrogen-bond acceptors (Lipinski definition) is 7. The van der Waals surface area contributed by atoms with Crippen molar-refractivity contribution < 1.29 is 23.9 Å². The van der Waals surface area contributed by atoms with Crippen molar-refractivity contribution in [2.45, 2.75) is 40.7 Å². The highest BCUT2D eigenvalue weighted by Crippen LogP contribution is 2.27. The van der Waals surface area contributed by atoms with Gasteiger partial charge in [-0.15, -0.1) is 11.3 Å². The first-order valence-electron chi connectivity index (χ1n) is 11.4. The van der Waals surface area contributed by atoms with Crippen LogP contribution < -0.4 is 10.2 Å². The van der Waals surface area contributed by atoms with Crippen molar-refractivity contribution >= 4 is 40.5 Å². The predicted octanol–water partition coefficient (Wildman–Crippen LogP) is 4.86. The maximum atomic E-state index is 12.3. The molecule has 0 aliphatic rings. The second-order valence-corrected chi connectivity index (χ2v) is 9.31. The minimum Gasteiger partial charge on any atom is -0.467 e. The molecule has 0 saturated heterocycles. The van der Waals surface area contributed by atoms with Crippen molar-refractivity contribution in [3.8, 4) is 0 Å². The van der Waals surface area contributed by atoms with Crippen molar-refractivity contribution in [2.24, 2.45) is 0 Å². The third-order valence-corrected chi connectivity index (χ3v) is 6.36. The highest BCUT2D eigenvalue weighted by Gasteiger charge is 2.29. The average molecular weight is 512 g/mol. The third kappa shape index (κ3) is 7.47. The molecule has 8 nitrogen and oxygen atoms in total. The minimum absolute atomic E-state index is 0.0882. The van der Waals surface area contributed by atoms with Crippen LogP contribution in [0.3, 0.4) is 0 Å². The Hall–Kier alpha value is -3.56. The van der Waals surface area contributed by atoms with Gasteiger partial charge in [0.05, 0.1) is 23.5 Å². The fraction of sp³-hybridized carbons (Fsp3) is 0.333. The number of methoxy groups -OCH3 is 2. The van der Waals surface area contributed by atoms with E-state index < -0.39 is 12.0 Å². The van der Waals surface area contributed by atoms with Crippen LogP contribution in [0, 0.1) is 27.7 Å². The van der Waals surface area contributed by atoms with Gasteiger partial charge < -0.3 is 14.8 Å². The fourth-order valence-corrected chi connectivity index (χ4v) is 4.46. The topological polar surface area (TPSA) is 97.8 Å². The summed E-state index contributed by atoms with van der Waals surface area (Å²) in [6, 6.07) is 14.4. The summed E-state index contributed by atoms with van der Waals surface area (Å²) in [6.45, 7) is 9.11. The Bertz CT molecular complexity index is 1170. The maximum Gasteiger partial charge on any atom is 0.328 e. The number of aryl methyl sites for hydroxylation is 4. The Kier molecular flexibility index (Phi) is 10.8. The molecule has 0 aliphatic carbocycles. The SMILES string of the molecule is COCC(=O)N(c1c(C)cccc1C)[C@H](C)C(=O)OC.Cc1nc(C)c(C(=O)Nc2ccccc2)s1. The van der Waals surface area contributed by atoms with Gasteiger partial charge in [-0.2, -0.15) is 0 Å². The van der Waals surface area contributed by atoms with Gasteiger partial charge in [-0.1, -0.05) is 36.4 Å². The van der Waals surface area contributed by atoms with Crippen molar-refractivity contribution in [3.05, 3.63) is 75.2 Å². The molecule has 2 amide bonds. The quantitative estimate of drug-likeness (QED) is 0.455. The highest BCUT2D eigenvalue weighted by molar-refractivity contribution is 7.13. The van der Waals surface area contributed by atoms with Crippen molar-refractivity contribution in [1.29, 1.82) is 0 Å². The lowest BCUT2D eigenvalue weighted by Crippen LogP contribution is -2.46. The number of esters is 1. The molecule has 0 saturated carbocycles. The highest BCUT2D eigenvalue weighted by atomic mass is 32.1. The molecule has 1 atom stereocenters. The number of thiazole rings is 1. The van der Waals surface area contributed by atoms with E-state index in [-0.39, 0.29) is 18.4 Å². The van der Waals surface area contributed by atoms with Crippen LogP contribution in [-0.2, 0) is 19.1 Å². The molecular formula is C27H33N3O5S. The first-order chi connectivity index (χ1) is 17.1. The van der Waals surface area contributed by atoms with Gasteiger partial charge in [0.2, 0.25) is 0 Å². The molecule has 1 aromatic heterocycles. The van der Waals surface area contributed by atoms with Gasteiger partial charge in [0, 0.05) is 12.8 Å². The second-order valence-electron chi connectivity index (χ2n) is 8.10. The van der Waals surface area contributed by atoms with Gasteiger partial charge in [-0.05, 0) is 57.9 Å². The van der Waals surface area contributed by atoms with Gasteiger partial charge in [0.25, 0.3) is 11.8 Å². The summed E-state index contributed by atoms with van der Waals surface area (Å²) in [5.74, 6) is -0.825. The molecule has 3 aromatic rings. The molecule has 3 rings (SSSR count). The number of rotatable bonds is 7. The standard InChI is InChI=1S/C15H21NO4.C12H12N2OS/c1-10-7-6-8-11(2)14(10)16(13(17)9-19-4)12(3)15(18)20-5;1-8-11(16-9(2)13-8)12(15)14-10-6-4-3-5-7-10/h6-8,12H,9H2,1-5H3;3-7H,1-2H3,(H,14,15)/t12-;/m1./s1. The van der Waals surface area contributed by atoms with E-state index in [1.807, 2.05) is 76.2 Å².